The van der Waals surface area contributed by atoms with E-state index >= 15 is 0 Å². The molecule has 29 heavy (non-hydrogen) atoms. The Morgan fingerprint density at radius 2 is 1.21 bits per heavy atom. The quantitative estimate of drug-likeness (QED) is 0.597. The maximum absolute atomic E-state index is 12.6. The van der Waals surface area contributed by atoms with Gasteiger partial charge >= 0.3 is 0 Å². The number of anilines is 3. The Hall–Kier alpha value is -3.60. The van der Waals surface area contributed by atoms with E-state index < -0.39 is 0 Å². The van der Waals surface area contributed by atoms with Gasteiger partial charge in [0.15, 0.2) is 0 Å². The summed E-state index contributed by atoms with van der Waals surface area (Å²) < 4.78 is 0. The molecule has 3 aromatic rings. The number of benzene rings is 3. The Morgan fingerprint density at radius 3 is 1.72 bits per heavy atom. The molecule has 3 rings (SSSR count). The van der Waals surface area contributed by atoms with Gasteiger partial charge in [-0.3, -0.25) is 9.59 Å². The lowest BCUT2D eigenvalue weighted by Gasteiger charge is -2.21. The molecule has 2 N–H and O–H groups in total. The van der Waals surface area contributed by atoms with Crippen molar-refractivity contribution in [1.82, 2.24) is 0 Å². The molecule has 5 nitrogen and oxygen atoms in total. The van der Waals surface area contributed by atoms with E-state index in [9.17, 15) is 9.59 Å². The summed E-state index contributed by atoms with van der Waals surface area (Å²) in [4.78, 5) is 27.3. The van der Waals surface area contributed by atoms with E-state index in [2.05, 4.69) is 29.4 Å². The predicted octanol–water partition coefficient (Wildman–Crippen LogP) is 5.04. The van der Waals surface area contributed by atoms with Crippen molar-refractivity contribution in [2.45, 2.75) is 13.8 Å². The van der Waals surface area contributed by atoms with Crippen molar-refractivity contribution < 1.29 is 9.59 Å². The van der Waals surface area contributed by atoms with E-state index in [1.54, 1.807) is 24.3 Å². The van der Waals surface area contributed by atoms with Gasteiger partial charge in [-0.15, -0.1) is 0 Å². The number of nitrogens with zero attached hydrogens (tertiary/aromatic N) is 1. The lowest BCUT2D eigenvalue weighted by atomic mass is 10.1. The molecule has 0 aromatic heterocycles. The summed E-state index contributed by atoms with van der Waals surface area (Å²) >= 11 is 0. The molecule has 0 spiro atoms. The van der Waals surface area contributed by atoms with E-state index in [1.165, 1.54) is 0 Å². The normalized spacial score (nSPS) is 10.3. The molecule has 0 saturated heterocycles. The Kier molecular flexibility index (Phi) is 6.63. The van der Waals surface area contributed by atoms with E-state index in [0.29, 0.717) is 22.5 Å². The van der Waals surface area contributed by atoms with Crippen molar-refractivity contribution in [3.8, 4) is 0 Å². The highest BCUT2D eigenvalue weighted by atomic mass is 16.2. The molecule has 0 heterocycles. The Balaban J connectivity index is 1.68. The third-order valence-corrected chi connectivity index (χ3v) is 4.67. The first kappa shape index (κ1) is 20.1. The second-order valence-electron chi connectivity index (χ2n) is 6.57. The molecule has 0 fully saturated rings. The van der Waals surface area contributed by atoms with Crippen LogP contribution in [-0.4, -0.2) is 24.9 Å². The molecule has 3 aromatic carbocycles. The summed E-state index contributed by atoms with van der Waals surface area (Å²) in [5.74, 6) is -0.510. The van der Waals surface area contributed by atoms with Crippen LogP contribution in [0.25, 0.3) is 0 Å². The first-order chi connectivity index (χ1) is 14.1. The van der Waals surface area contributed by atoms with Crippen molar-refractivity contribution >= 4 is 28.9 Å². The lowest BCUT2D eigenvalue weighted by molar-refractivity contribution is 0.102. The number of rotatable bonds is 7. The topological polar surface area (TPSA) is 61.4 Å². The molecule has 0 unspecified atom stereocenters. The van der Waals surface area contributed by atoms with Crippen molar-refractivity contribution in [2.24, 2.45) is 0 Å². The zero-order valence-corrected chi connectivity index (χ0v) is 16.7. The number of para-hydroxylation sites is 1. The number of hydrogen-bond acceptors (Lipinski definition) is 3. The van der Waals surface area contributed by atoms with Crippen LogP contribution in [0.15, 0.2) is 78.9 Å². The largest absolute Gasteiger partial charge is 0.372 e. The van der Waals surface area contributed by atoms with Crippen LogP contribution in [0.3, 0.4) is 0 Å². The van der Waals surface area contributed by atoms with Gasteiger partial charge < -0.3 is 15.5 Å². The standard InChI is InChI=1S/C24H25N3O2/c1-3-27(4-2)22-15-13-21(14-16-22)26-24(29)19-10-8-9-18(17-19)23(28)25-20-11-6-5-7-12-20/h5-17H,3-4H2,1-2H3,(H,25,28)(H,26,29). The predicted molar refractivity (Wildman–Crippen MR) is 119 cm³/mol. The highest BCUT2D eigenvalue weighted by Crippen LogP contribution is 2.19. The summed E-state index contributed by atoms with van der Waals surface area (Å²) in [5.41, 5.74) is 3.40. The second-order valence-corrected chi connectivity index (χ2v) is 6.57. The minimum Gasteiger partial charge on any atom is -0.372 e. The Bertz CT molecular complexity index is 965. The summed E-state index contributed by atoms with van der Waals surface area (Å²) in [6.45, 7) is 6.08. The zero-order chi connectivity index (χ0) is 20.6. The Labute approximate surface area is 171 Å². The van der Waals surface area contributed by atoms with Gasteiger partial charge in [0.05, 0.1) is 0 Å². The van der Waals surface area contributed by atoms with Gasteiger partial charge in [-0.05, 0) is 68.4 Å². The fraction of sp³-hybridized carbons (Fsp3) is 0.167. The molecule has 0 bridgehead atoms. The fourth-order valence-corrected chi connectivity index (χ4v) is 3.07. The van der Waals surface area contributed by atoms with E-state index in [4.69, 9.17) is 0 Å². The molecular formula is C24H25N3O2. The van der Waals surface area contributed by atoms with Crippen LogP contribution in [0.2, 0.25) is 0 Å². The molecule has 0 atom stereocenters. The van der Waals surface area contributed by atoms with Crippen LogP contribution in [0.4, 0.5) is 17.1 Å². The molecule has 0 saturated carbocycles. The van der Waals surface area contributed by atoms with E-state index in [-0.39, 0.29) is 11.8 Å². The van der Waals surface area contributed by atoms with Gasteiger partial charge in [0, 0.05) is 41.3 Å². The van der Waals surface area contributed by atoms with Crippen LogP contribution in [0, 0.1) is 0 Å². The third kappa shape index (κ3) is 5.23. The fourth-order valence-electron chi connectivity index (χ4n) is 3.07. The number of carbonyl (C=O) groups is 2. The van der Waals surface area contributed by atoms with Crippen LogP contribution in [0.5, 0.6) is 0 Å². The van der Waals surface area contributed by atoms with Gasteiger partial charge in [0.25, 0.3) is 11.8 Å². The second kappa shape index (κ2) is 9.55. The van der Waals surface area contributed by atoms with E-state index in [0.717, 1.165) is 18.8 Å². The molecule has 0 radical (unpaired) electrons. The highest BCUT2D eigenvalue weighted by molar-refractivity contribution is 6.08. The molecule has 2 amide bonds. The highest BCUT2D eigenvalue weighted by Gasteiger charge is 2.11. The SMILES string of the molecule is CCN(CC)c1ccc(NC(=O)c2cccc(C(=O)Nc3ccccc3)c2)cc1. The number of amides is 2. The van der Waals surface area contributed by atoms with Crippen LogP contribution in [0.1, 0.15) is 34.6 Å². The zero-order valence-electron chi connectivity index (χ0n) is 16.7. The van der Waals surface area contributed by atoms with Crippen molar-refractivity contribution in [3.05, 3.63) is 90.0 Å². The maximum atomic E-state index is 12.6. The molecule has 148 valence electrons. The smallest absolute Gasteiger partial charge is 0.255 e. The number of hydrogen-bond donors (Lipinski definition) is 2. The number of carbonyl (C=O) groups excluding carboxylic acids is 2. The van der Waals surface area contributed by atoms with Crippen molar-refractivity contribution in [3.63, 3.8) is 0 Å². The molecule has 0 aliphatic heterocycles. The van der Waals surface area contributed by atoms with E-state index in [1.807, 2.05) is 54.6 Å². The Morgan fingerprint density at radius 1 is 0.690 bits per heavy atom. The summed E-state index contributed by atoms with van der Waals surface area (Å²) in [6, 6.07) is 23.7. The average Bonchev–Trinajstić information content (AvgIpc) is 2.76. The van der Waals surface area contributed by atoms with Crippen LogP contribution in [-0.2, 0) is 0 Å². The molecule has 0 aliphatic carbocycles. The van der Waals surface area contributed by atoms with Crippen LogP contribution >= 0.6 is 0 Å². The molecule has 0 aliphatic rings. The minimum atomic E-state index is -0.255. The molecule has 5 heteroatoms. The van der Waals surface area contributed by atoms with Crippen LogP contribution < -0.4 is 15.5 Å². The monoisotopic (exact) mass is 387 g/mol. The van der Waals surface area contributed by atoms with Gasteiger partial charge in [0.2, 0.25) is 0 Å². The lowest BCUT2D eigenvalue weighted by Crippen LogP contribution is -2.21. The third-order valence-electron chi connectivity index (χ3n) is 4.67. The van der Waals surface area contributed by atoms with Gasteiger partial charge in [-0.25, -0.2) is 0 Å². The summed E-state index contributed by atoms with van der Waals surface area (Å²) in [7, 11) is 0. The summed E-state index contributed by atoms with van der Waals surface area (Å²) in [6.07, 6.45) is 0. The van der Waals surface area contributed by atoms with Gasteiger partial charge in [-0.2, -0.15) is 0 Å². The summed E-state index contributed by atoms with van der Waals surface area (Å²) in [5, 5.41) is 5.71. The van der Waals surface area contributed by atoms with Crippen molar-refractivity contribution in [2.75, 3.05) is 28.6 Å². The minimum absolute atomic E-state index is 0.255. The number of nitrogens with one attached hydrogen (secondary N) is 2. The maximum Gasteiger partial charge on any atom is 0.255 e. The first-order valence-corrected chi connectivity index (χ1v) is 9.73. The molecular weight excluding hydrogens is 362 g/mol. The first-order valence-electron chi connectivity index (χ1n) is 9.73. The van der Waals surface area contributed by atoms with Crippen molar-refractivity contribution in [1.29, 1.82) is 0 Å². The van der Waals surface area contributed by atoms with Gasteiger partial charge in [0.1, 0.15) is 0 Å². The van der Waals surface area contributed by atoms with Gasteiger partial charge in [-0.1, -0.05) is 24.3 Å². The average molecular weight is 387 g/mol.